The van der Waals surface area contributed by atoms with Crippen LogP contribution in [0.1, 0.15) is 76.2 Å². The number of benzene rings is 2. The first kappa shape index (κ1) is 36.8. The Hall–Kier alpha value is -3.94. The van der Waals surface area contributed by atoms with Gasteiger partial charge in [-0.2, -0.15) is 0 Å². The van der Waals surface area contributed by atoms with Crippen molar-refractivity contribution in [3.05, 3.63) is 82.9 Å². The van der Waals surface area contributed by atoms with Crippen LogP contribution in [0.2, 0.25) is 0 Å². The van der Waals surface area contributed by atoms with Crippen molar-refractivity contribution in [2.75, 3.05) is 6.61 Å². The number of ether oxygens (including phenoxy) is 4. The van der Waals surface area contributed by atoms with Crippen LogP contribution >= 0.6 is 0 Å². The fraction of sp³-hybridized carbons (Fsp3) is 0.538. The van der Waals surface area contributed by atoms with Crippen molar-refractivity contribution in [3.8, 4) is 0 Å². The van der Waals surface area contributed by atoms with E-state index in [-0.39, 0.29) is 29.7 Å². The number of rotatable bonds is 7. The van der Waals surface area contributed by atoms with Gasteiger partial charge in [-0.3, -0.25) is 9.59 Å². The minimum atomic E-state index is -2.24. The minimum absolute atomic E-state index is 0.0193. The van der Waals surface area contributed by atoms with Crippen molar-refractivity contribution in [1.82, 2.24) is 0 Å². The van der Waals surface area contributed by atoms with Gasteiger partial charge in [-0.15, -0.1) is 0 Å². The number of ketones is 1. The molecular formula is C39H46O12. The molecule has 0 amide bonds. The summed E-state index contributed by atoms with van der Waals surface area (Å²) in [5, 5.41) is 48.2. The first-order valence-electron chi connectivity index (χ1n) is 17.3. The number of aliphatic hydroxyl groups excluding tert-OH is 3. The first-order valence-corrected chi connectivity index (χ1v) is 17.3. The summed E-state index contributed by atoms with van der Waals surface area (Å²) in [4.78, 5) is 55.1. The fourth-order valence-electron chi connectivity index (χ4n) is 9.13. The van der Waals surface area contributed by atoms with Gasteiger partial charge in [0.25, 0.3) is 0 Å². The number of hydrogen-bond donors (Lipinski definition) is 4. The molecule has 4 aliphatic rings. The molecule has 0 radical (unpaired) electrons. The van der Waals surface area contributed by atoms with E-state index in [9.17, 15) is 39.6 Å². The molecule has 12 nitrogen and oxygen atoms in total. The van der Waals surface area contributed by atoms with E-state index >= 15 is 0 Å². The molecule has 6 rings (SSSR count). The van der Waals surface area contributed by atoms with E-state index in [1.54, 1.807) is 76.2 Å². The Balaban J connectivity index is 1.53. The Morgan fingerprint density at radius 2 is 1.57 bits per heavy atom. The van der Waals surface area contributed by atoms with Crippen LogP contribution in [0.3, 0.4) is 0 Å². The molecule has 4 N–H and O–H groups in total. The van der Waals surface area contributed by atoms with Gasteiger partial charge in [0, 0.05) is 31.1 Å². The summed E-state index contributed by atoms with van der Waals surface area (Å²) in [5.74, 6) is -5.58. The number of hydrogen-bond acceptors (Lipinski definition) is 12. The Kier molecular flexibility index (Phi) is 9.34. The zero-order chi connectivity index (χ0) is 37.3. The largest absolute Gasteiger partial charge is 0.456 e. The lowest BCUT2D eigenvalue weighted by Crippen LogP contribution is -2.81. The molecule has 0 spiro atoms. The lowest BCUT2D eigenvalue weighted by atomic mass is 9.44. The van der Waals surface area contributed by atoms with Gasteiger partial charge in [0.2, 0.25) is 0 Å². The van der Waals surface area contributed by atoms with E-state index in [0.29, 0.717) is 5.56 Å². The Bertz CT molecular complexity index is 1740. The van der Waals surface area contributed by atoms with E-state index in [1.807, 2.05) is 0 Å². The molecule has 2 saturated carbocycles. The van der Waals surface area contributed by atoms with Crippen LogP contribution in [0.25, 0.3) is 0 Å². The number of Topliss-reactive ketones (excluding diaryl/α,β-unsaturated/α-hetero) is 1. The van der Waals surface area contributed by atoms with Crippen molar-refractivity contribution in [1.29, 1.82) is 0 Å². The van der Waals surface area contributed by atoms with Crippen LogP contribution in [0, 0.1) is 16.7 Å². The molecule has 2 aromatic carbocycles. The van der Waals surface area contributed by atoms with Crippen molar-refractivity contribution >= 4 is 23.7 Å². The standard InChI is InChI=1S/C39H46O12/c1-20(23-13-9-7-10-14-23)29(42)35(46)49-25-18-39(47)33(50-34(45)24-15-11-8-12-16-24)31-37(6,32(44)30(43)28(21(25)2)36(39,4)5)26(41)17-27-38(31,19-48-27)51-22(3)40/h7-16,20,25-27,29-31,33,41-43,47H,17-19H2,1-6H3/t20?,25?,26?,27?,29?,30?,31?,33?,37?,38-,39-/m0/s1. The topological polar surface area (TPSA) is 186 Å². The molecule has 2 aromatic rings. The summed E-state index contributed by atoms with van der Waals surface area (Å²) >= 11 is 0. The average Bonchev–Trinajstić information content (AvgIpc) is 3.09. The van der Waals surface area contributed by atoms with Crippen molar-refractivity contribution in [2.45, 2.75) is 108 Å². The lowest BCUT2D eigenvalue weighted by molar-refractivity contribution is -0.346. The van der Waals surface area contributed by atoms with Gasteiger partial charge in [0.1, 0.15) is 30.0 Å². The van der Waals surface area contributed by atoms with E-state index in [1.165, 1.54) is 26.0 Å². The molecular weight excluding hydrogens is 660 g/mol. The van der Waals surface area contributed by atoms with Crippen LogP contribution in [0.4, 0.5) is 0 Å². The second kappa shape index (κ2) is 12.9. The van der Waals surface area contributed by atoms with Gasteiger partial charge in [-0.05, 0) is 42.7 Å². The summed E-state index contributed by atoms with van der Waals surface area (Å²) in [6.07, 6.45) is -9.53. The normalized spacial score (nSPS) is 36.5. The molecule has 1 heterocycles. The molecule has 0 aromatic heterocycles. The molecule has 1 saturated heterocycles. The summed E-state index contributed by atoms with van der Waals surface area (Å²) in [6.45, 7) is 8.76. The monoisotopic (exact) mass is 706 g/mol. The van der Waals surface area contributed by atoms with Crippen LogP contribution in [0.5, 0.6) is 0 Å². The summed E-state index contributed by atoms with van der Waals surface area (Å²) in [5.41, 5.74) is -6.32. The predicted molar refractivity (Wildman–Crippen MR) is 180 cm³/mol. The molecule has 3 aliphatic carbocycles. The Labute approximate surface area is 296 Å². The van der Waals surface area contributed by atoms with E-state index in [2.05, 4.69) is 0 Å². The molecule has 51 heavy (non-hydrogen) atoms. The first-order chi connectivity index (χ1) is 23.9. The molecule has 1 aliphatic heterocycles. The van der Waals surface area contributed by atoms with E-state index in [4.69, 9.17) is 18.9 Å². The third kappa shape index (κ3) is 5.54. The van der Waals surface area contributed by atoms with E-state index < -0.39 is 101 Å². The zero-order valence-electron chi connectivity index (χ0n) is 29.6. The number of carbonyl (C=O) groups is 4. The maximum atomic E-state index is 14.8. The molecule has 9 unspecified atom stereocenters. The third-order valence-electron chi connectivity index (χ3n) is 12.2. The number of carbonyl (C=O) groups excluding carboxylic acids is 4. The third-order valence-corrected chi connectivity index (χ3v) is 12.2. The second-order valence-electron chi connectivity index (χ2n) is 15.2. The quantitative estimate of drug-likeness (QED) is 0.188. The van der Waals surface area contributed by atoms with Crippen molar-refractivity contribution in [2.24, 2.45) is 16.7 Å². The Morgan fingerprint density at radius 1 is 0.961 bits per heavy atom. The molecule has 2 bridgehead atoms. The van der Waals surface area contributed by atoms with Gasteiger partial charge in [0.15, 0.2) is 17.5 Å². The summed E-state index contributed by atoms with van der Waals surface area (Å²) in [7, 11) is 0. The maximum absolute atomic E-state index is 14.8. The number of esters is 3. The Morgan fingerprint density at radius 3 is 2.14 bits per heavy atom. The predicted octanol–water partition coefficient (Wildman–Crippen LogP) is 2.80. The smallest absolute Gasteiger partial charge is 0.338 e. The molecule has 274 valence electrons. The second-order valence-corrected chi connectivity index (χ2v) is 15.2. The fourth-order valence-corrected chi connectivity index (χ4v) is 9.13. The van der Waals surface area contributed by atoms with Crippen LogP contribution in [0.15, 0.2) is 71.8 Å². The molecule has 11 atom stereocenters. The van der Waals surface area contributed by atoms with Gasteiger partial charge in [0.05, 0.1) is 29.6 Å². The maximum Gasteiger partial charge on any atom is 0.338 e. The van der Waals surface area contributed by atoms with Crippen molar-refractivity contribution < 1.29 is 58.6 Å². The molecule has 3 fully saturated rings. The molecule has 12 heteroatoms. The highest BCUT2D eigenvalue weighted by molar-refractivity contribution is 5.94. The van der Waals surface area contributed by atoms with Crippen molar-refractivity contribution in [3.63, 3.8) is 0 Å². The van der Waals surface area contributed by atoms with Gasteiger partial charge in [-0.1, -0.05) is 69.3 Å². The van der Waals surface area contributed by atoms with Gasteiger partial charge < -0.3 is 39.4 Å². The van der Waals surface area contributed by atoms with Crippen LogP contribution in [-0.2, 0) is 33.3 Å². The average molecular weight is 707 g/mol. The van der Waals surface area contributed by atoms with E-state index in [0.717, 1.165) is 0 Å². The lowest BCUT2D eigenvalue weighted by Gasteiger charge is -2.67. The number of fused-ring (bicyclic) bond motifs is 5. The highest BCUT2D eigenvalue weighted by Crippen LogP contribution is 2.64. The summed E-state index contributed by atoms with van der Waals surface area (Å²) in [6, 6.07) is 16.9. The number of aliphatic hydroxyl groups is 4. The highest BCUT2D eigenvalue weighted by Gasteiger charge is 2.78. The van der Waals surface area contributed by atoms with Gasteiger partial charge in [-0.25, -0.2) is 9.59 Å². The van der Waals surface area contributed by atoms with Gasteiger partial charge >= 0.3 is 17.9 Å². The van der Waals surface area contributed by atoms with Crippen LogP contribution < -0.4 is 0 Å². The van der Waals surface area contributed by atoms with Crippen LogP contribution in [-0.4, -0.2) is 98.6 Å². The SMILES string of the molecule is CC(=O)O[C@@]12COC1CC(O)C1(C)C(=O)C(O)C3=C(C)C(OC(=O)C(O)C(C)c4ccccc4)C[C@](O)(C(OC(=O)c4ccccc4)C12)C3(C)C. The summed E-state index contributed by atoms with van der Waals surface area (Å²) < 4.78 is 24.0. The minimum Gasteiger partial charge on any atom is -0.456 e. The highest BCUT2D eigenvalue weighted by atomic mass is 16.6. The zero-order valence-corrected chi connectivity index (χ0v) is 29.6.